The molecular formula is C21H29FO6. The smallest absolute Gasteiger partial charge is 0.199 e. The van der Waals surface area contributed by atoms with Gasteiger partial charge in [0, 0.05) is 30.6 Å². The number of alkyl halides is 1. The number of fused-ring (bicyclic) bond motifs is 3. The van der Waals surface area contributed by atoms with Crippen molar-refractivity contribution >= 4 is 11.6 Å². The van der Waals surface area contributed by atoms with Crippen LogP contribution in [0.5, 0.6) is 0 Å². The molecule has 3 fully saturated rings. The number of halogens is 1. The van der Waals surface area contributed by atoms with Crippen LogP contribution in [-0.4, -0.2) is 55.7 Å². The Hall–Kier alpha value is -1.33. The van der Waals surface area contributed by atoms with Crippen molar-refractivity contribution in [2.24, 2.45) is 22.7 Å². The number of aliphatic hydroxyl groups is 4. The van der Waals surface area contributed by atoms with Crippen LogP contribution in [0.25, 0.3) is 0 Å². The van der Waals surface area contributed by atoms with Crippen LogP contribution in [0.2, 0.25) is 0 Å². The van der Waals surface area contributed by atoms with Crippen molar-refractivity contribution in [2.75, 3.05) is 6.61 Å². The Bertz CT molecular complexity index is 744. The second-order valence-electron chi connectivity index (χ2n) is 9.31. The first-order valence-electron chi connectivity index (χ1n) is 9.83. The van der Waals surface area contributed by atoms with Gasteiger partial charge < -0.3 is 20.4 Å². The molecule has 0 heterocycles. The molecule has 0 aromatic carbocycles. The van der Waals surface area contributed by atoms with E-state index in [0.717, 1.165) is 0 Å². The molecule has 0 saturated heterocycles. The van der Waals surface area contributed by atoms with Gasteiger partial charge in [-0.25, -0.2) is 4.39 Å². The van der Waals surface area contributed by atoms with Crippen LogP contribution >= 0.6 is 0 Å². The zero-order chi connectivity index (χ0) is 21.2. The van der Waals surface area contributed by atoms with Crippen molar-refractivity contribution in [2.45, 2.75) is 75.9 Å². The van der Waals surface area contributed by atoms with E-state index in [1.54, 1.807) is 6.92 Å². The molecule has 3 saturated carbocycles. The van der Waals surface area contributed by atoms with Crippen molar-refractivity contribution in [3.8, 4) is 12.3 Å². The van der Waals surface area contributed by atoms with E-state index in [9.17, 15) is 30.0 Å². The highest BCUT2D eigenvalue weighted by Gasteiger charge is 2.79. The Balaban J connectivity index is 2.15. The van der Waals surface area contributed by atoms with Gasteiger partial charge in [-0.3, -0.25) is 9.59 Å². The molecule has 4 N–H and O–H groups in total. The van der Waals surface area contributed by atoms with Crippen LogP contribution in [0.15, 0.2) is 0 Å². The molecule has 3 aliphatic carbocycles. The molecule has 0 aromatic heterocycles. The Morgan fingerprint density at radius 2 is 1.89 bits per heavy atom. The number of rotatable bonds is 4. The van der Waals surface area contributed by atoms with E-state index in [2.05, 4.69) is 5.92 Å². The van der Waals surface area contributed by atoms with Gasteiger partial charge in [0.2, 0.25) is 0 Å². The zero-order valence-corrected chi connectivity index (χ0v) is 16.4. The third-order valence-electron chi connectivity index (χ3n) is 8.25. The lowest BCUT2D eigenvalue weighted by molar-refractivity contribution is -0.351. The highest BCUT2D eigenvalue weighted by molar-refractivity contribution is 5.90. The molecular weight excluding hydrogens is 367 g/mol. The van der Waals surface area contributed by atoms with Crippen molar-refractivity contribution in [1.82, 2.24) is 0 Å². The van der Waals surface area contributed by atoms with Gasteiger partial charge >= 0.3 is 0 Å². The van der Waals surface area contributed by atoms with Gasteiger partial charge in [0.1, 0.15) is 18.0 Å². The number of hydrogen-bond acceptors (Lipinski definition) is 6. The Labute approximate surface area is 164 Å². The summed E-state index contributed by atoms with van der Waals surface area (Å²) in [6.07, 6.45) is 5.29. The predicted octanol–water partition coefficient (Wildman–Crippen LogP) is 0.887. The highest BCUT2D eigenvalue weighted by atomic mass is 19.1. The lowest BCUT2D eigenvalue weighted by Gasteiger charge is -2.64. The second kappa shape index (κ2) is 6.33. The van der Waals surface area contributed by atoms with Gasteiger partial charge in [-0.2, -0.15) is 0 Å². The lowest BCUT2D eigenvalue weighted by Crippen LogP contribution is -2.75. The summed E-state index contributed by atoms with van der Waals surface area (Å²) in [5.74, 6) is -3.20. The summed E-state index contributed by atoms with van der Waals surface area (Å²) in [7, 11) is 0. The normalized spacial score (nSPS) is 47.1. The van der Waals surface area contributed by atoms with Crippen molar-refractivity contribution in [3.05, 3.63) is 0 Å². The van der Waals surface area contributed by atoms with Crippen LogP contribution < -0.4 is 0 Å². The summed E-state index contributed by atoms with van der Waals surface area (Å²) >= 11 is 0. The maximum atomic E-state index is 16.8. The minimum atomic E-state index is -2.93. The van der Waals surface area contributed by atoms with E-state index in [1.807, 2.05) is 0 Å². The van der Waals surface area contributed by atoms with Gasteiger partial charge in [0.05, 0.1) is 5.41 Å². The van der Waals surface area contributed by atoms with E-state index in [0.29, 0.717) is 6.42 Å². The molecule has 3 rings (SSSR count). The first kappa shape index (κ1) is 21.4. The molecule has 28 heavy (non-hydrogen) atoms. The van der Waals surface area contributed by atoms with Gasteiger partial charge in [0.25, 0.3) is 0 Å². The van der Waals surface area contributed by atoms with Crippen LogP contribution in [0.3, 0.4) is 0 Å². The fraction of sp³-hybridized carbons (Fsp3) is 0.810. The summed E-state index contributed by atoms with van der Waals surface area (Å²) in [5.41, 5.74) is -7.62. The number of terminal acetylenes is 1. The van der Waals surface area contributed by atoms with E-state index in [1.165, 1.54) is 6.92 Å². The number of ketones is 2. The molecule has 6 nitrogen and oxygen atoms in total. The van der Waals surface area contributed by atoms with Crippen molar-refractivity contribution < 1.29 is 34.4 Å². The molecule has 0 aromatic rings. The minimum absolute atomic E-state index is 0.00519. The largest absolute Gasteiger partial charge is 0.388 e. The fourth-order valence-electron chi connectivity index (χ4n) is 6.66. The first-order valence-corrected chi connectivity index (χ1v) is 9.83. The number of aliphatic hydroxyl groups excluding tert-OH is 1. The second-order valence-corrected chi connectivity index (χ2v) is 9.31. The van der Waals surface area contributed by atoms with E-state index < -0.39 is 64.3 Å². The molecule has 6 atom stereocenters. The lowest BCUT2D eigenvalue weighted by atomic mass is 9.44. The fourth-order valence-corrected chi connectivity index (χ4v) is 6.66. The number of carbonyl (C=O) groups excluding carboxylic acids is 2. The molecule has 0 spiro atoms. The summed E-state index contributed by atoms with van der Waals surface area (Å²) in [6.45, 7) is 2.07. The monoisotopic (exact) mass is 396 g/mol. The van der Waals surface area contributed by atoms with Crippen LogP contribution in [0.4, 0.5) is 4.39 Å². The zero-order valence-electron chi connectivity index (χ0n) is 16.4. The Kier molecular flexibility index (Phi) is 4.84. The summed E-state index contributed by atoms with van der Waals surface area (Å²) < 4.78 is 16.8. The standard InChI is InChI=1S/C21H29FO6/c1-4-5-9-17(2)15(24)7-6-14-13-8-10-19(26,16(25)11-23)18(13,3)12-20(27,28)21(14,17)22/h1,13-14,23,26-28H,5-12H2,2-3H3/t13-,14-,17-,18-,19-,21?/m0/s1. The molecule has 3 aliphatic rings. The van der Waals surface area contributed by atoms with Crippen LogP contribution in [0, 0.1) is 35.0 Å². The van der Waals surface area contributed by atoms with Crippen molar-refractivity contribution in [1.29, 1.82) is 0 Å². The quantitative estimate of drug-likeness (QED) is 0.414. The molecule has 0 radical (unpaired) electrons. The van der Waals surface area contributed by atoms with Crippen LogP contribution in [0.1, 0.15) is 58.8 Å². The molecule has 0 amide bonds. The average molecular weight is 396 g/mol. The molecule has 156 valence electrons. The molecule has 0 bridgehead atoms. The molecule has 1 unspecified atom stereocenters. The maximum Gasteiger partial charge on any atom is 0.199 e. The minimum Gasteiger partial charge on any atom is -0.388 e. The SMILES string of the molecule is C#CCC[C@@]1(C)C(=O)CC[C@H]2[C@@H]3CC[C@](O)(C(=O)CO)[C@@]3(C)CC(O)(O)C21F. The first-order chi connectivity index (χ1) is 12.9. The number of Topliss-reactive ketones (excluding diaryl/α,β-unsaturated/α-hetero) is 2. The van der Waals surface area contributed by atoms with Gasteiger partial charge in [-0.1, -0.05) is 6.92 Å². The third-order valence-corrected chi connectivity index (χ3v) is 8.25. The number of hydrogen-bond donors (Lipinski definition) is 4. The summed E-state index contributed by atoms with van der Waals surface area (Å²) in [4.78, 5) is 25.1. The third kappa shape index (κ3) is 2.29. The van der Waals surface area contributed by atoms with Crippen molar-refractivity contribution in [3.63, 3.8) is 0 Å². The maximum absolute atomic E-state index is 16.8. The highest BCUT2D eigenvalue weighted by Crippen LogP contribution is 2.70. The molecule has 0 aliphatic heterocycles. The Morgan fingerprint density at radius 3 is 2.46 bits per heavy atom. The van der Waals surface area contributed by atoms with Crippen LogP contribution in [-0.2, 0) is 9.59 Å². The summed E-state index contributed by atoms with van der Waals surface area (Å²) in [6, 6.07) is 0. The number of carbonyl (C=O) groups is 2. The average Bonchev–Trinajstić information content (AvgIpc) is 2.89. The van der Waals surface area contributed by atoms with E-state index >= 15 is 4.39 Å². The Morgan fingerprint density at radius 1 is 1.25 bits per heavy atom. The van der Waals surface area contributed by atoms with Gasteiger partial charge in [0.15, 0.2) is 17.2 Å². The van der Waals surface area contributed by atoms with E-state index in [4.69, 9.17) is 6.42 Å². The predicted molar refractivity (Wildman–Crippen MR) is 97.4 cm³/mol. The molecule has 7 heteroatoms. The van der Waals surface area contributed by atoms with E-state index in [-0.39, 0.29) is 32.1 Å². The van der Waals surface area contributed by atoms with Gasteiger partial charge in [-0.05, 0) is 38.5 Å². The summed E-state index contributed by atoms with van der Waals surface area (Å²) in [5, 5.41) is 42.4. The van der Waals surface area contributed by atoms with Gasteiger partial charge in [-0.15, -0.1) is 12.3 Å². The topological polar surface area (TPSA) is 115 Å².